The highest BCUT2D eigenvalue weighted by atomic mass is 79.9. The van der Waals surface area contributed by atoms with Crippen molar-refractivity contribution >= 4 is 39.1 Å². The lowest BCUT2D eigenvalue weighted by Crippen LogP contribution is -2.57. The molecule has 0 spiro atoms. The molecule has 7 heteroatoms. The average Bonchev–Trinajstić information content (AvgIpc) is 2.48. The predicted octanol–water partition coefficient (Wildman–Crippen LogP) is 0.605. The first-order valence-corrected chi connectivity index (χ1v) is 5.98. The maximum absolute atomic E-state index is 11.8. The number of halogens is 1. The molecular formula is C8H8BrN3O2S. The fourth-order valence-corrected chi connectivity index (χ4v) is 2.41. The number of nitrogens with zero attached hydrogens (tertiary/aromatic N) is 2. The Bertz CT molecular complexity index is 420. The van der Waals surface area contributed by atoms with E-state index < -0.39 is 11.9 Å². The summed E-state index contributed by atoms with van der Waals surface area (Å²) in [6, 6.07) is -0.460. The number of amides is 2. The van der Waals surface area contributed by atoms with Gasteiger partial charge in [0.2, 0.25) is 5.91 Å². The molecule has 1 aliphatic rings. The van der Waals surface area contributed by atoms with Crippen LogP contribution in [0.4, 0.5) is 0 Å². The quantitative estimate of drug-likeness (QED) is 0.866. The van der Waals surface area contributed by atoms with Crippen LogP contribution >= 0.6 is 27.3 Å². The van der Waals surface area contributed by atoms with Gasteiger partial charge in [-0.3, -0.25) is 9.59 Å². The molecule has 15 heavy (non-hydrogen) atoms. The van der Waals surface area contributed by atoms with Crippen molar-refractivity contribution in [3.63, 3.8) is 0 Å². The van der Waals surface area contributed by atoms with E-state index in [-0.39, 0.29) is 5.91 Å². The number of hydrogen-bond acceptors (Lipinski definition) is 4. The zero-order valence-electron chi connectivity index (χ0n) is 7.64. The molecule has 0 bridgehead atoms. The number of primary amides is 1. The number of hydrogen-bond donors (Lipinski definition) is 1. The summed E-state index contributed by atoms with van der Waals surface area (Å²) in [6.07, 6.45) is 0.645. The van der Waals surface area contributed by atoms with Crippen LogP contribution in [0.25, 0.3) is 0 Å². The molecule has 1 aromatic rings. The number of likely N-dealkylation sites (tertiary alicyclic amines) is 1. The van der Waals surface area contributed by atoms with Gasteiger partial charge in [0.1, 0.15) is 11.7 Å². The lowest BCUT2D eigenvalue weighted by Gasteiger charge is -2.38. The largest absolute Gasteiger partial charge is 0.368 e. The third-order valence-corrected chi connectivity index (χ3v) is 3.67. The van der Waals surface area contributed by atoms with E-state index in [9.17, 15) is 9.59 Å². The second-order valence-corrected chi connectivity index (χ2v) is 5.33. The Kier molecular flexibility index (Phi) is 2.74. The standard InChI is InChI=1S/C8H8BrN3O2S/c9-8-11-4(3-15-8)7(14)12-2-1-5(12)6(10)13/h3,5H,1-2H2,(H2,10,13). The van der Waals surface area contributed by atoms with E-state index in [1.807, 2.05) is 0 Å². The van der Waals surface area contributed by atoms with Crippen LogP contribution in [0.3, 0.4) is 0 Å². The Morgan fingerprint density at radius 1 is 1.67 bits per heavy atom. The van der Waals surface area contributed by atoms with Crippen molar-refractivity contribution in [2.75, 3.05) is 6.54 Å². The van der Waals surface area contributed by atoms with Gasteiger partial charge in [0.05, 0.1) is 0 Å². The van der Waals surface area contributed by atoms with Gasteiger partial charge in [-0.15, -0.1) is 11.3 Å². The van der Waals surface area contributed by atoms with Crippen LogP contribution in [-0.4, -0.2) is 34.3 Å². The zero-order valence-corrected chi connectivity index (χ0v) is 10.0. The molecule has 0 radical (unpaired) electrons. The zero-order chi connectivity index (χ0) is 11.0. The summed E-state index contributed by atoms with van der Waals surface area (Å²) in [5.74, 6) is -0.684. The van der Waals surface area contributed by atoms with Gasteiger partial charge in [0.25, 0.3) is 5.91 Å². The van der Waals surface area contributed by atoms with Crippen LogP contribution in [0.1, 0.15) is 16.9 Å². The van der Waals surface area contributed by atoms with E-state index >= 15 is 0 Å². The number of thiazole rings is 1. The Labute approximate surface area is 98.4 Å². The number of carbonyl (C=O) groups excluding carboxylic acids is 2. The highest BCUT2D eigenvalue weighted by molar-refractivity contribution is 9.11. The minimum atomic E-state index is -0.460. The Morgan fingerprint density at radius 3 is 2.80 bits per heavy atom. The van der Waals surface area contributed by atoms with Crippen LogP contribution < -0.4 is 5.73 Å². The molecule has 0 aromatic carbocycles. The molecule has 1 fully saturated rings. The van der Waals surface area contributed by atoms with Crippen molar-refractivity contribution < 1.29 is 9.59 Å². The van der Waals surface area contributed by atoms with Gasteiger partial charge in [-0.2, -0.15) is 0 Å². The minimum absolute atomic E-state index is 0.230. The fourth-order valence-electron chi connectivity index (χ4n) is 1.42. The lowest BCUT2D eigenvalue weighted by molar-refractivity contribution is -0.125. The Hall–Kier alpha value is -0.950. The maximum Gasteiger partial charge on any atom is 0.274 e. The molecule has 5 nitrogen and oxygen atoms in total. The number of carbonyl (C=O) groups is 2. The molecule has 2 N–H and O–H groups in total. The molecule has 1 unspecified atom stereocenters. The van der Waals surface area contributed by atoms with Crippen molar-refractivity contribution in [3.8, 4) is 0 Å². The predicted molar refractivity (Wildman–Crippen MR) is 58.4 cm³/mol. The van der Waals surface area contributed by atoms with E-state index in [1.165, 1.54) is 16.2 Å². The van der Waals surface area contributed by atoms with Gasteiger partial charge in [-0.1, -0.05) is 0 Å². The minimum Gasteiger partial charge on any atom is -0.368 e. The molecule has 2 rings (SSSR count). The molecule has 2 amide bonds. The van der Waals surface area contributed by atoms with Crippen molar-refractivity contribution in [2.45, 2.75) is 12.5 Å². The highest BCUT2D eigenvalue weighted by Crippen LogP contribution is 2.22. The van der Waals surface area contributed by atoms with Crippen molar-refractivity contribution in [1.29, 1.82) is 0 Å². The van der Waals surface area contributed by atoms with E-state index in [4.69, 9.17) is 5.73 Å². The summed E-state index contributed by atoms with van der Waals surface area (Å²) in [7, 11) is 0. The fraction of sp³-hybridized carbons (Fsp3) is 0.375. The van der Waals surface area contributed by atoms with E-state index in [0.717, 1.165) is 0 Å². The number of rotatable bonds is 2. The summed E-state index contributed by atoms with van der Waals surface area (Å²) in [5, 5.41) is 1.66. The van der Waals surface area contributed by atoms with E-state index in [1.54, 1.807) is 5.38 Å². The van der Waals surface area contributed by atoms with Gasteiger partial charge in [-0.25, -0.2) is 4.98 Å². The SMILES string of the molecule is NC(=O)C1CCN1C(=O)c1csc(Br)n1. The molecule has 1 saturated heterocycles. The van der Waals surface area contributed by atoms with E-state index in [0.29, 0.717) is 22.6 Å². The lowest BCUT2D eigenvalue weighted by atomic mass is 10.0. The topological polar surface area (TPSA) is 76.3 Å². The van der Waals surface area contributed by atoms with Crippen LogP contribution in [-0.2, 0) is 4.79 Å². The van der Waals surface area contributed by atoms with Crippen LogP contribution in [0, 0.1) is 0 Å². The third-order valence-electron chi connectivity index (χ3n) is 2.30. The van der Waals surface area contributed by atoms with Gasteiger partial charge in [0, 0.05) is 11.9 Å². The van der Waals surface area contributed by atoms with Gasteiger partial charge < -0.3 is 10.6 Å². The highest BCUT2D eigenvalue weighted by Gasteiger charge is 2.37. The van der Waals surface area contributed by atoms with Crippen LogP contribution in [0.15, 0.2) is 9.30 Å². The summed E-state index contributed by atoms with van der Waals surface area (Å²) in [4.78, 5) is 28.2. The summed E-state index contributed by atoms with van der Waals surface area (Å²) in [6.45, 7) is 0.571. The maximum atomic E-state index is 11.8. The second kappa shape index (κ2) is 3.90. The molecule has 0 saturated carbocycles. The van der Waals surface area contributed by atoms with E-state index in [2.05, 4.69) is 20.9 Å². The molecular weight excluding hydrogens is 282 g/mol. The Balaban J connectivity index is 2.12. The van der Waals surface area contributed by atoms with Crippen molar-refractivity contribution in [2.24, 2.45) is 5.73 Å². The molecule has 1 atom stereocenters. The molecule has 1 aromatic heterocycles. The first-order chi connectivity index (χ1) is 7.09. The van der Waals surface area contributed by atoms with Crippen LogP contribution in [0.5, 0.6) is 0 Å². The first-order valence-electron chi connectivity index (χ1n) is 4.31. The molecule has 0 aliphatic carbocycles. The average molecular weight is 290 g/mol. The molecule has 2 heterocycles. The molecule has 80 valence electrons. The van der Waals surface area contributed by atoms with Crippen molar-refractivity contribution in [1.82, 2.24) is 9.88 Å². The number of nitrogens with two attached hydrogens (primary N) is 1. The first kappa shape index (κ1) is 10.6. The normalized spacial score (nSPS) is 19.8. The van der Waals surface area contributed by atoms with Gasteiger partial charge in [0.15, 0.2) is 3.92 Å². The van der Waals surface area contributed by atoms with Crippen LogP contribution in [0.2, 0.25) is 0 Å². The summed E-state index contributed by atoms with van der Waals surface area (Å²) in [5.41, 5.74) is 5.51. The summed E-state index contributed by atoms with van der Waals surface area (Å²) < 4.78 is 0.655. The van der Waals surface area contributed by atoms with Gasteiger partial charge in [-0.05, 0) is 22.4 Å². The third kappa shape index (κ3) is 1.89. The monoisotopic (exact) mass is 289 g/mol. The second-order valence-electron chi connectivity index (χ2n) is 3.19. The van der Waals surface area contributed by atoms with Gasteiger partial charge >= 0.3 is 0 Å². The molecule has 1 aliphatic heterocycles. The summed E-state index contributed by atoms with van der Waals surface area (Å²) >= 11 is 4.51. The Morgan fingerprint density at radius 2 is 2.40 bits per heavy atom. The van der Waals surface area contributed by atoms with Crippen molar-refractivity contribution in [3.05, 3.63) is 15.0 Å². The number of aromatic nitrogens is 1. The smallest absolute Gasteiger partial charge is 0.274 e.